The van der Waals surface area contributed by atoms with Gasteiger partial charge in [0.05, 0.1) is 11.5 Å². The van der Waals surface area contributed by atoms with Crippen molar-refractivity contribution in [1.29, 1.82) is 0 Å². The van der Waals surface area contributed by atoms with Crippen molar-refractivity contribution in [3.8, 4) is 11.4 Å². The lowest BCUT2D eigenvalue weighted by Gasteiger charge is -2.13. The number of pyridine rings is 1. The van der Waals surface area contributed by atoms with Crippen molar-refractivity contribution in [1.82, 2.24) is 19.8 Å². The third kappa shape index (κ3) is 5.69. The van der Waals surface area contributed by atoms with Crippen LogP contribution in [0.25, 0.3) is 11.4 Å². The predicted octanol–water partition coefficient (Wildman–Crippen LogP) is 1.97. The Kier molecular flexibility index (Phi) is 6.68. The molecule has 152 valence electrons. The second-order valence-corrected chi connectivity index (χ2v) is 7.89. The Balaban J connectivity index is 1.43. The van der Waals surface area contributed by atoms with Gasteiger partial charge in [0.25, 0.3) is 0 Å². The number of carbonyl (C=O) groups is 1. The third-order valence-electron chi connectivity index (χ3n) is 3.91. The van der Waals surface area contributed by atoms with Gasteiger partial charge in [-0.3, -0.25) is 9.78 Å². The van der Waals surface area contributed by atoms with Gasteiger partial charge in [-0.05, 0) is 37.6 Å². The highest BCUT2D eigenvalue weighted by atomic mass is 32.2. The smallest absolute Gasteiger partial charge is 0.323 e. The molecule has 2 heterocycles. The largest absolute Gasteiger partial charge is 0.464 e. The first-order valence-electron chi connectivity index (χ1n) is 8.93. The van der Waals surface area contributed by atoms with Crippen LogP contribution < -0.4 is 4.72 Å². The zero-order valence-corrected chi connectivity index (χ0v) is 16.5. The van der Waals surface area contributed by atoms with E-state index in [2.05, 4.69) is 19.8 Å². The minimum atomic E-state index is -3.79. The number of benzene rings is 1. The summed E-state index contributed by atoms with van der Waals surface area (Å²) in [6.07, 6.45) is 4.16. The van der Waals surface area contributed by atoms with E-state index in [0.29, 0.717) is 24.6 Å². The first kappa shape index (κ1) is 20.6. The Labute approximate surface area is 168 Å². The number of hydrogen-bond donors (Lipinski definition) is 1. The van der Waals surface area contributed by atoms with Crippen LogP contribution in [0.15, 0.2) is 64.3 Å². The van der Waals surface area contributed by atoms with Crippen LogP contribution in [0.2, 0.25) is 0 Å². The van der Waals surface area contributed by atoms with Gasteiger partial charge in [-0.1, -0.05) is 23.4 Å². The zero-order valence-electron chi connectivity index (χ0n) is 15.7. The summed E-state index contributed by atoms with van der Waals surface area (Å²) in [4.78, 5) is 20.4. The van der Waals surface area contributed by atoms with Gasteiger partial charge >= 0.3 is 5.97 Å². The van der Waals surface area contributed by atoms with Gasteiger partial charge in [0.2, 0.25) is 21.7 Å². The minimum absolute atomic E-state index is 0.0838. The fraction of sp³-hybridized carbons (Fsp3) is 0.263. The van der Waals surface area contributed by atoms with Crippen molar-refractivity contribution in [3.63, 3.8) is 0 Å². The molecule has 0 aliphatic carbocycles. The van der Waals surface area contributed by atoms with E-state index in [9.17, 15) is 13.2 Å². The molecule has 0 aliphatic heterocycles. The molecule has 10 heteroatoms. The van der Waals surface area contributed by atoms with Gasteiger partial charge in [0, 0.05) is 24.4 Å². The highest BCUT2D eigenvalue weighted by Crippen LogP contribution is 2.14. The summed E-state index contributed by atoms with van der Waals surface area (Å²) in [6.45, 7) is 1.53. The first-order chi connectivity index (χ1) is 14.0. The Morgan fingerprint density at radius 2 is 2.00 bits per heavy atom. The van der Waals surface area contributed by atoms with E-state index in [4.69, 9.17) is 9.26 Å². The Hall–Kier alpha value is -3.11. The molecule has 0 spiro atoms. The van der Waals surface area contributed by atoms with E-state index in [0.717, 1.165) is 5.56 Å². The minimum Gasteiger partial charge on any atom is -0.464 e. The maximum atomic E-state index is 12.2. The van der Waals surface area contributed by atoms with Crippen molar-refractivity contribution in [2.75, 3.05) is 6.61 Å². The molecular formula is C19H20N4O5S. The van der Waals surface area contributed by atoms with E-state index in [1.807, 2.05) is 6.07 Å². The van der Waals surface area contributed by atoms with Crippen LogP contribution in [0.3, 0.4) is 0 Å². The molecule has 29 heavy (non-hydrogen) atoms. The maximum absolute atomic E-state index is 12.2. The van der Waals surface area contributed by atoms with Crippen LogP contribution in [0, 0.1) is 0 Å². The molecule has 1 N–H and O–H groups in total. The van der Waals surface area contributed by atoms with E-state index < -0.39 is 22.0 Å². The molecule has 0 unspecified atom stereocenters. The van der Waals surface area contributed by atoms with E-state index >= 15 is 0 Å². The lowest BCUT2D eigenvalue weighted by molar-refractivity contribution is -0.145. The molecule has 9 nitrogen and oxygen atoms in total. The van der Waals surface area contributed by atoms with Gasteiger partial charge in [-0.15, -0.1) is 0 Å². The number of aromatic nitrogens is 3. The standard InChI is InChI=1S/C19H20N4O5S/c1-14(23-29(25,26)16-8-3-2-4-9-16)19(24)27-12-6-10-17-21-18(22-28-17)15-7-5-11-20-13-15/h2-5,7-9,11,13-14,23H,6,10,12H2,1H3/t14-/m0/s1. The Morgan fingerprint density at radius 1 is 1.21 bits per heavy atom. The third-order valence-corrected chi connectivity index (χ3v) is 5.46. The number of nitrogens with one attached hydrogen (secondary N) is 1. The number of ether oxygens (including phenoxy) is 1. The quantitative estimate of drug-likeness (QED) is 0.415. The Morgan fingerprint density at radius 3 is 2.72 bits per heavy atom. The normalized spacial score (nSPS) is 12.4. The molecule has 2 aromatic heterocycles. The lowest BCUT2D eigenvalue weighted by atomic mass is 10.3. The Bertz CT molecular complexity index is 1040. The summed E-state index contributed by atoms with van der Waals surface area (Å²) >= 11 is 0. The number of carbonyl (C=O) groups excluding carboxylic acids is 1. The van der Waals surface area contributed by atoms with Crippen LogP contribution in [0.5, 0.6) is 0 Å². The van der Waals surface area contributed by atoms with E-state index in [1.54, 1.807) is 36.7 Å². The molecule has 0 saturated heterocycles. The molecule has 0 bridgehead atoms. The van der Waals surface area contributed by atoms with Crippen LogP contribution >= 0.6 is 0 Å². The number of rotatable bonds is 9. The highest BCUT2D eigenvalue weighted by Gasteiger charge is 2.22. The number of esters is 1. The monoisotopic (exact) mass is 416 g/mol. The van der Waals surface area contributed by atoms with Crippen LogP contribution in [-0.2, 0) is 26.0 Å². The molecule has 0 saturated carbocycles. The van der Waals surface area contributed by atoms with Crippen LogP contribution in [0.4, 0.5) is 0 Å². The van der Waals surface area contributed by atoms with E-state index in [1.165, 1.54) is 19.1 Å². The number of hydrogen-bond acceptors (Lipinski definition) is 8. The second-order valence-electron chi connectivity index (χ2n) is 6.18. The average Bonchev–Trinajstić information content (AvgIpc) is 3.21. The van der Waals surface area contributed by atoms with Crippen molar-refractivity contribution in [2.45, 2.75) is 30.7 Å². The van der Waals surface area contributed by atoms with Crippen molar-refractivity contribution < 1.29 is 22.5 Å². The van der Waals surface area contributed by atoms with Gasteiger partial charge < -0.3 is 9.26 Å². The number of nitrogens with zero attached hydrogens (tertiary/aromatic N) is 3. The summed E-state index contributed by atoms with van der Waals surface area (Å²) < 4.78 is 37.1. The molecule has 3 rings (SSSR count). The molecule has 0 amide bonds. The van der Waals surface area contributed by atoms with Crippen molar-refractivity contribution >= 4 is 16.0 Å². The molecule has 0 radical (unpaired) electrons. The molecule has 3 aromatic rings. The SMILES string of the molecule is C[C@H](NS(=O)(=O)c1ccccc1)C(=O)OCCCc1nc(-c2cccnc2)no1. The molecule has 0 fully saturated rings. The summed E-state index contributed by atoms with van der Waals surface area (Å²) in [5, 5.41) is 3.89. The molecule has 0 aliphatic rings. The fourth-order valence-electron chi connectivity index (χ4n) is 2.44. The summed E-state index contributed by atoms with van der Waals surface area (Å²) in [5.41, 5.74) is 0.744. The molecular weight excluding hydrogens is 396 g/mol. The number of sulfonamides is 1. The average molecular weight is 416 g/mol. The van der Waals surface area contributed by atoms with Gasteiger partial charge in [-0.25, -0.2) is 8.42 Å². The van der Waals surface area contributed by atoms with Crippen LogP contribution in [-0.4, -0.2) is 42.2 Å². The second kappa shape index (κ2) is 9.39. The van der Waals surface area contributed by atoms with E-state index in [-0.39, 0.29) is 11.5 Å². The fourth-order valence-corrected chi connectivity index (χ4v) is 3.65. The topological polar surface area (TPSA) is 124 Å². The predicted molar refractivity (Wildman–Crippen MR) is 103 cm³/mol. The van der Waals surface area contributed by atoms with Crippen LogP contribution in [0.1, 0.15) is 19.2 Å². The highest BCUT2D eigenvalue weighted by molar-refractivity contribution is 7.89. The first-order valence-corrected chi connectivity index (χ1v) is 10.4. The van der Waals surface area contributed by atoms with Crippen molar-refractivity contribution in [3.05, 3.63) is 60.7 Å². The maximum Gasteiger partial charge on any atom is 0.323 e. The van der Waals surface area contributed by atoms with Gasteiger partial charge in [-0.2, -0.15) is 9.71 Å². The zero-order chi connectivity index (χ0) is 20.7. The molecule has 1 atom stereocenters. The molecule has 1 aromatic carbocycles. The van der Waals surface area contributed by atoms with Gasteiger partial charge in [0.15, 0.2) is 0 Å². The summed E-state index contributed by atoms with van der Waals surface area (Å²) in [7, 11) is -3.79. The summed E-state index contributed by atoms with van der Waals surface area (Å²) in [5.74, 6) is 0.192. The lowest BCUT2D eigenvalue weighted by Crippen LogP contribution is -2.39. The van der Waals surface area contributed by atoms with Gasteiger partial charge in [0.1, 0.15) is 6.04 Å². The summed E-state index contributed by atoms with van der Waals surface area (Å²) in [6, 6.07) is 10.4. The number of aryl methyl sites for hydroxylation is 1. The van der Waals surface area contributed by atoms with Crippen molar-refractivity contribution in [2.24, 2.45) is 0 Å².